The van der Waals surface area contributed by atoms with Crippen LogP contribution in [0.15, 0.2) is 23.7 Å². The Hall–Kier alpha value is 2.70. The van der Waals surface area contributed by atoms with Crippen LogP contribution in [0.5, 0.6) is 0 Å². The Labute approximate surface area is 150 Å². The maximum atomic E-state index is 2.15. The van der Waals surface area contributed by atoms with E-state index >= 15 is 0 Å². The van der Waals surface area contributed by atoms with Gasteiger partial charge in [-0.25, -0.2) is 0 Å². The predicted molar refractivity (Wildman–Crippen MR) is 93.7 cm³/mol. The van der Waals surface area contributed by atoms with E-state index in [2.05, 4.69) is 47.0 Å². The molecule has 0 aromatic rings. The van der Waals surface area contributed by atoms with E-state index in [1.54, 1.807) is 23.7 Å². The maximum absolute atomic E-state index is 2.15. The first-order valence-corrected chi connectivity index (χ1v) is 16.9. The molecule has 1 radical (unpaired) electrons. The molecule has 0 saturated carbocycles. The molecule has 0 N–H and O–H groups in total. The molecule has 8 heteroatoms. The van der Waals surface area contributed by atoms with E-state index in [4.69, 9.17) is 0 Å². The molecule has 0 saturated heterocycles. The molecular weight excluding hydrogens is 564 g/mol. The standard InChI is InChI=1S/C10H8S4Se4/c1-2-16-8-7(15-1)11-5(12-8)6-13-9-10(14-6)18-4-3-17-9/h1-4H2/q+1. The zero-order chi connectivity index (χ0) is 11.9. The molecule has 18 heavy (non-hydrogen) atoms. The number of hydrogen-bond acceptors (Lipinski definition) is 4. The van der Waals surface area contributed by atoms with Crippen molar-refractivity contribution in [2.45, 2.75) is 21.3 Å². The van der Waals surface area contributed by atoms with E-state index in [9.17, 15) is 0 Å². The Balaban J connectivity index is 1.54. The Morgan fingerprint density at radius 2 is 1.33 bits per heavy atom. The van der Waals surface area contributed by atoms with Crippen LogP contribution in [-0.2, 0) is 0 Å². The Kier molecular flexibility index (Phi) is 5.12. The van der Waals surface area contributed by atoms with Crippen LogP contribution in [0.3, 0.4) is 0 Å². The van der Waals surface area contributed by atoms with Crippen molar-refractivity contribution in [3.05, 3.63) is 23.7 Å². The first-order chi connectivity index (χ1) is 8.90. The van der Waals surface area contributed by atoms with Crippen molar-refractivity contribution < 1.29 is 0 Å². The molecule has 0 atom stereocenters. The van der Waals surface area contributed by atoms with Gasteiger partial charge in [-0.3, -0.25) is 0 Å². The second-order valence-corrected chi connectivity index (χ2v) is 19.7. The summed E-state index contributed by atoms with van der Waals surface area (Å²) in [5, 5.41) is 6.01. The van der Waals surface area contributed by atoms with Gasteiger partial charge < -0.3 is 0 Å². The third-order valence-corrected chi connectivity index (χ3v) is 24.2. The Morgan fingerprint density at radius 3 is 2.06 bits per heavy atom. The van der Waals surface area contributed by atoms with Crippen LogP contribution in [0, 0.1) is 0 Å². The van der Waals surface area contributed by atoms with E-state index < -0.39 is 0 Å². The van der Waals surface area contributed by atoms with Crippen LogP contribution in [0.4, 0.5) is 0 Å². The average molecular weight is 572 g/mol. The second kappa shape index (κ2) is 6.44. The molecule has 4 rings (SSSR count). The molecule has 0 aliphatic carbocycles. The summed E-state index contributed by atoms with van der Waals surface area (Å²) in [5.74, 6) is 0. The van der Waals surface area contributed by atoms with Gasteiger partial charge in [0, 0.05) is 0 Å². The van der Waals surface area contributed by atoms with Gasteiger partial charge in [0.05, 0.1) is 0 Å². The first kappa shape index (κ1) is 14.3. The molecule has 95 valence electrons. The molecule has 0 aromatic carbocycles. The monoisotopic (exact) mass is 576 g/mol. The summed E-state index contributed by atoms with van der Waals surface area (Å²) in [6, 6.07) is 0. The molecule has 0 fully saturated rings. The summed E-state index contributed by atoms with van der Waals surface area (Å²) in [5.41, 5.74) is 0. The molecule has 0 bridgehead atoms. The van der Waals surface area contributed by atoms with Crippen molar-refractivity contribution in [1.29, 1.82) is 0 Å². The SMILES string of the molecule is C1C[Se]C2=C(SC(=C3SC4=C(S3)[Se+]CC[Se]4)S2)[Se]1. The summed E-state index contributed by atoms with van der Waals surface area (Å²) in [4.78, 5) is 0. The molecule has 0 amide bonds. The fraction of sp³-hybridized carbons (Fsp3) is 0.400. The third kappa shape index (κ3) is 2.93. The Morgan fingerprint density at radius 1 is 0.722 bits per heavy atom. The van der Waals surface area contributed by atoms with Gasteiger partial charge in [0.15, 0.2) is 0 Å². The van der Waals surface area contributed by atoms with E-state index in [0.717, 1.165) is 59.8 Å². The van der Waals surface area contributed by atoms with Crippen LogP contribution in [0.2, 0.25) is 21.3 Å². The Bertz CT molecular complexity index is 412. The van der Waals surface area contributed by atoms with Crippen LogP contribution in [-0.4, -0.2) is 59.8 Å². The average Bonchev–Trinajstić information content (AvgIpc) is 3.02. The molecule has 0 spiro atoms. The van der Waals surface area contributed by atoms with Crippen molar-refractivity contribution in [3.63, 3.8) is 0 Å². The van der Waals surface area contributed by atoms with Crippen molar-refractivity contribution in [2.24, 2.45) is 0 Å². The minimum absolute atomic E-state index is 0.810. The van der Waals surface area contributed by atoms with Crippen molar-refractivity contribution >= 4 is 107 Å². The molecular formula is C10H8S4Se4+. The van der Waals surface area contributed by atoms with Crippen molar-refractivity contribution in [1.82, 2.24) is 0 Å². The fourth-order valence-corrected chi connectivity index (χ4v) is 24.5. The first-order valence-electron chi connectivity index (χ1n) is 5.35. The van der Waals surface area contributed by atoms with Gasteiger partial charge in [0.2, 0.25) is 0 Å². The minimum atomic E-state index is 0.810. The molecule has 0 aromatic heterocycles. The topological polar surface area (TPSA) is 0 Å². The van der Waals surface area contributed by atoms with E-state index in [0.29, 0.717) is 0 Å². The quantitative estimate of drug-likeness (QED) is 0.405. The van der Waals surface area contributed by atoms with Crippen molar-refractivity contribution in [3.8, 4) is 0 Å². The summed E-state index contributed by atoms with van der Waals surface area (Å²) < 4.78 is 10.5. The van der Waals surface area contributed by atoms with Gasteiger partial charge in [-0.1, -0.05) is 0 Å². The van der Waals surface area contributed by atoms with E-state index in [1.165, 1.54) is 21.3 Å². The van der Waals surface area contributed by atoms with Gasteiger partial charge in [0.1, 0.15) is 0 Å². The molecule has 4 aliphatic heterocycles. The van der Waals surface area contributed by atoms with Crippen LogP contribution >= 0.6 is 47.0 Å². The zero-order valence-electron chi connectivity index (χ0n) is 9.09. The van der Waals surface area contributed by atoms with Gasteiger partial charge in [-0.15, -0.1) is 0 Å². The fourth-order valence-electron chi connectivity index (χ4n) is 1.60. The van der Waals surface area contributed by atoms with Gasteiger partial charge in [-0.05, 0) is 0 Å². The molecule has 4 heterocycles. The summed E-state index contributed by atoms with van der Waals surface area (Å²) in [6.45, 7) is 0. The van der Waals surface area contributed by atoms with Crippen LogP contribution < -0.4 is 0 Å². The zero-order valence-corrected chi connectivity index (χ0v) is 19.2. The van der Waals surface area contributed by atoms with E-state index in [1.807, 2.05) is 0 Å². The van der Waals surface area contributed by atoms with Gasteiger partial charge >= 0.3 is 152 Å². The molecule has 0 unspecified atom stereocenters. The predicted octanol–water partition coefficient (Wildman–Crippen LogP) is 3.84. The molecule has 0 nitrogen and oxygen atoms in total. The number of rotatable bonds is 0. The van der Waals surface area contributed by atoms with Crippen LogP contribution in [0.25, 0.3) is 0 Å². The third-order valence-electron chi connectivity index (χ3n) is 2.34. The molecule has 4 aliphatic rings. The van der Waals surface area contributed by atoms with Crippen LogP contribution in [0.1, 0.15) is 0 Å². The van der Waals surface area contributed by atoms with Crippen molar-refractivity contribution in [2.75, 3.05) is 0 Å². The second-order valence-electron chi connectivity index (χ2n) is 3.53. The summed E-state index contributed by atoms with van der Waals surface area (Å²) in [6.07, 6.45) is 0. The number of thioether (sulfide) groups is 4. The summed E-state index contributed by atoms with van der Waals surface area (Å²) in [7, 11) is 0. The number of hydrogen-bond donors (Lipinski definition) is 0. The normalized spacial score (nSPS) is 28.0. The summed E-state index contributed by atoms with van der Waals surface area (Å²) >= 11 is 11.8. The van der Waals surface area contributed by atoms with E-state index in [-0.39, 0.29) is 0 Å². The van der Waals surface area contributed by atoms with Gasteiger partial charge in [-0.2, -0.15) is 0 Å². The van der Waals surface area contributed by atoms with Gasteiger partial charge in [0.25, 0.3) is 0 Å².